The monoisotopic (exact) mass is 441 g/mol. The Labute approximate surface area is 191 Å². The molecule has 0 fully saturated rings. The smallest absolute Gasteiger partial charge is 0.270 e. The number of carbonyl (C=O) groups is 2. The van der Waals surface area contributed by atoms with Crippen LogP contribution in [-0.4, -0.2) is 23.3 Å². The molecule has 0 saturated heterocycles. The van der Waals surface area contributed by atoms with Gasteiger partial charge in [0.25, 0.3) is 17.5 Å². The molecule has 7 nitrogen and oxygen atoms in total. The summed E-state index contributed by atoms with van der Waals surface area (Å²) in [4.78, 5) is 37.3. The highest BCUT2D eigenvalue weighted by atomic mass is 16.6. The van der Waals surface area contributed by atoms with Gasteiger partial charge in [-0.15, -0.1) is 0 Å². The summed E-state index contributed by atoms with van der Waals surface area (Å²) >= 11 is 0. The zero-order valence-electron chi connectivity index (χ0n) is 18.1. The van der Waals surface area contributed by atoms with Gasteiger partial charge in [-0.25, -0.2) is 0 Å². The predicted molar refractivity (Wildman–Crippen MR) is 126 cm³/mol. The van der Waals surface area contributed by atoms with E-state index in [0.717, 1.165) is 29.5 Å². The number of nitro benzene ring substituents is 1. The minimum absolute atomic E-state index is 0.0756. The Kier molecular flexibility index (Phi) is 6.31. The Bertz CT molecular complexity index is 1270. The maximum Gasteiger partial charge on any atom is 0.270 e. The molecule has 1 aliphatic carbocycles. The van der Waals surface area contributed by atoms with Gasteiger partial charge in [0.1, 0.15) is 5.70 Å². The molecule has 0 aliphatic heterocycles. The fourth-order valence-electron chi connectivity index (χ4n) is 3.91. The molecule has 0 spiro atoms. The van der Waals surface area contributed by atoms with Crippen LogP contribution in [0, 0.1) is 10.1 Å². The number of unbranched alkanes of at least 4 members (excludes halogenated alkanes) is 1. The molecule has 2 amide bonds. The van der Waals surface area contributed by atoms with Gasteiger partial charge in [0.15, 0.2) is 0 Å². The molecule has 3 aromatic carbocycles. The number of amides is 2. The third-order valence-electron chi connectivity index (χ3n) is 5.54. The van der Waals surface area contributed by atoms with Crippen molar-refractivity contribution >= 4 is 23.1 Å². The van der Waals surface area contributed by atoms with Crippen molar-refractivity contribution < 1.29 is 14.5 Å². The number of fused-ring (bicyclic) bond motifs is 3. The molecule has 0 atom stereocenters. The molecule has 0 aromatic heterocycles. The molecule has 7 heteroatoms. The van der Waals surface area contributed by atoms with Gasteiger partial charge in [-0.1, -0.05) is 55.8 Å². The largest absolute Gasteiger partial charge is 0.351 e. The highest BCUT2D eigenvalue weighted by Crippen LogP contribution is 2.46. The van der Waals surface area contributed by atoms with Crippen LogP contribution in [0.25, 0.3) is 16.7 Å². The first kappa shape index (κ1) is 22.0. The van der Waals surface area contributed by atoms with Crippen molar-refractivity contribution in [3.63, 3.8) is 0 Å². The number of rotatable bonds is 7. The average molecular weight is 441 g/mol. The summed E-state index contributed by atoms with van der Waals surface area (Å²) in [5, 5.41) is 17.1. The van der Waals surface area contributed by atoms with Crippen LogP contribution in [-0.2, 0) is 4.79 Å². The number of carbonyl (C=O) groups excluding carboxylic acids is 2. The minimum Gasteiger partial charge on any atom is -0.351 e. The van der Waals surface area contributed by atoms with E-state index in [-0.39, 0.29) is 11.4 Å². The predicted octanol–water partition coefficient (Wildman–Crippen LogP) is 4.68. The van der Waals surface area contributed by atoms with Gasteiger partial charge < -0.3 is 10.6 Å². The molecule has 0 heterocycles. The number of hydrogen-bond acceptors (Lipinski definition) is 4. The topological polar surface area (TPSA) is 101 Å². The second kappa shape index (κ2) is 9.48. The lowest BCUT2D eigenvalue weighted by atomic mass is 10.00. The second-order valence-corrected chi connectivity index (χ2v) is 7.71. The lowest BCUT2D eigenvalue weighted by Gasteiger charge is -2.15. The fourth-order valence-corrected chi connectivity index (χ4v) is 3.91. The molecule has 0 saturated carbocycles. The summed E-state index contributed by atoms with van der Waals surface area (Å²) in [6.07, 6.45) is 1.69. The molecule has 4 rings (SSSR count). The standard InChI is InChI=1S/C26H23N3O4/c1-2-3-15-27-26(31)24(28-25(30)17-9-5-4-6-10-17)23-21-12-8-7-11-19(21)20-14-13-18(29(32)33)16-22(20)23/h4-14,16H,2-3,15H2,1H3,(H,27,31)(H,28,30)/b24-23-. The van der Waals surface area contributed by atoms with Crippen LogP contribution < -0.4 is 10.6 Å². The summed E-state index contributed by atoms with van der Waals surface area (Å²) < 4.78 is 0. The molecule has 3 aromatic rings. The Morgan fingerprint density at radius 3 is 2.24 bits per heavy atom. The average Bonchev–Trinajstić information content (AvgIpc) is 3.16. The minimum atomic E-state index is -0.468. The number of non-ortho nitro benzene ring substituents is 1. The lowest BCUT2D eigenvalue weighted by molar-refractivity contribution is -0.384. The molecule has 0 radical (unpaired) electrons. The zero-order chi connectivity index (χ0) is 23.4. The van der Waals surface area contributed by atoms with Crippen LogP contribution >= 0.6 is 0 Å². The van der Waals surface area contributed by atoms with E-state index in [0.29, 0.717) is 23.2 Å². The van der Waals surface area contributed by atoms with E-state index in [4.69, 9.17) is 0 Å². The molecule has 33 heavy (non-hydrogen) atoms. The van der Waals surface area contributed by atoms with E-state index >= 15 is 0 Å². The Hall–Kier alpha value is -4.26. The van der Waals surface area contributed by atoms with E-state index in [2.05, 4.69) is 10.6 Å². The van der Waals surface area contributed by atoms with E-state index in [9.17, 15) is 19.7 Å². The molecular weight excluding hydrogens is 418 g/mol. The maximum absolute atomic E-state index is 13.3. The number of benzene rings is 3. The number of nitrogens with one attached hydrogen (secondary N) is 2. The van der Waals surface area contributed by atoms with Gasteiger partial charge in [0.2, 0.25) is 0 Å². The fraction of sp³-hybridized carbons (Fsp3) is 0.154. The van der Waals surface area contributed by atoms with Gasteiger partial charge in [-0.3, -0.25) is 19.7 Å². The summed E-state index contributed by atoms with van der Waals surface area (Å²) in [5.74, 6) is -0.864. The highest BCUT2D eigenvalue weighted by Gasteiger charge is 2.31. The van der Waals surface area contributed by atoms with Crippen molar-refractivity contribution in [2.75, 3.05) is 6.54 Å². The molecule has 1 aliphatic rings. The van der Waals surface area contributed by atoms with Gasteiger partial charge >= 0.3 is 0 Å². The van der Waals surface area contributed by atoms with Gasteiger partial charge in [-0.05, 0) is 46.9 Å². The van der Waals surface area contributed by atoms with Crippen molar-refractivity contribution in [3.8, 4) is 11.1 Å². The second-order valence-electron chi connectivity index (χ2n) is 7.71. The molecule has 2 N–H and O–H groups in total. The van der Waals surface area contributed by atoms with Crippen LogP contribution in [0.1, 0.15) is 41.3 Å². The Morgan fingerprint density at radius 2 is 1.55 bits per heavy atom. The van der Waals surface area contributed by atoms with Crippen LogP contribution in [0.3, 0.4) is 0 Å². The SMILES string of the molecule is CCCCNC(=O)/C(NC(=O)c1ccccc1)=C1\c2ccccc2-c2ccc([N+](=O)[O-])cc21. The van der Waals surface area contributed by atoms with Gasteiger partial charge in [0, 0.05) is 29.8 Å². The normalized spacial score (nSPS) is 13.0. The summed E-state index contributed by atoms with van der Waals surface area (Å²) in [5.41, 5.74) is 3.78. The number of hydrogen-bond donors (Lipinski definition) is 2. The van der Waals surface area contributed by atoms with E-state index in [1.165, 1.54) is 12.1 Å². The molecule has 0 unspecified atom stereocenters. The van der Waals surface area contributed by atoms with Crippen molar-refractivity contribution in [2.24, 2.45) is 0 Å². The van der Waals surface area contributed by atoms with Crippen molar-refractivity contribution in [1.29, 1.82) is 0 Å². The maximum atomic E-state index is 13.3. The van der Waals surface area contributed by atoms with Gasteiger partial charge in [-0.2, -0.15) is 0 Å². The Balaban J connectivity index is 1.89. The third kappa shape index (κ3) is 4.39. The highest BCUT2D eigenvalue weighted by molar-refractivity contribution is 6.14. The Morgan fingerprint density at radius 1 is 0.879 bits per heavy atom. The summed E-state index contributed by atoms with van der Waals surface area (Å²) in [6, 6.07) is 20.7. The summed E-state index contributed by atoms with van der Waals surface area (Å²) in [7, 11) is 0. The van der Waals surface area contributed by atoms with Crippen molar-refractivity contribution in [2.45, 2.75) is 19.8 Å². The van der Waals surface area contributed by atoms with Crippen LogP contribution in [0.15, 0.2) is 78.5 Å². The van der Waals surface area contributed by atoms with Crippen LogP contribution in [0.4, 0.5) is 5.69 Å². The van der Waals surface area contributed by atoms with Crippen molar-refractivity contribution in [3.05, 3.63) is 105 Å². The van der Waals surface area contributed by atoms with E-state index in [1.807, 2.05) is 31.2 Å². The molecular formula is C26H23N3O4. The molecule has 0 bridgehead atoms. The first-order chi connectivity index (χ1) is 16.0. The van der Waals surface area contributed by atoms with Crippen LogP contribution in [0.2, 0.25) is 0 Å². The van der Waals surface area contributed by atoms with Crippen LogP contribution in [0.5, 0.6) is 0 Å². The van der Waals surface area contributed by atoms with Crippen molar-refractivity contribution in [1.82, 2.24) is 10.6 Å². The van der Waals surface area contributed by atoms with E-state index in [1.54, 1.807) is 36.4 Å². The van der Waals surface area contributed by atoms with Gasteiger partial charge in [0.05, 0.1) is 4.92 Å². The van der Waals surface area contributed by atoms with E-state index < -0.39 is 16.7 Å². The number of nitrogens with zero attached hydrogens (tertiary/aromatic N) is 1. The molecule has 166 valence electrons. The quantitative estimate of drug-likeness (QED) is 0.188. The lowest BCUT2D eigenvalue weighted by Crippen LogP contribution is -2.36. The zero-order valence-corrected chi connectivity index (χ0v) is 18.1. The third-order valence-corrected chi connectivity index (χ3v) is 5.54. The first-order valence-electron chi connectivity index (χ1n) is 10.8. The number of nitro groups is 1. The first-order valence-corrected chi connectivity index (χ1v) is 10.8. The summed E-state index contributed by atoms with van der Waals surface area (Å²) in [6.45, 7) is 2.47.